The fraction of sp³-hybridized carbons (Fsp3) is 0.400. The molecule has 1 fully saturated rings. The predicted molar refractivity (Wildman–Crippen MR) is 85.9 cm³/mol. The van der Waals surface area contributed by atoms with Crippen LogP contribution in [0.25, 0.3) is 10.9 Å². The first kappa shape index (κ1) is 15.7. The molecule has 8 heteroatoms. The zero-order valence-corrected chi connectivity index (χ0v) is 13.5. The average molecular weight is 335 g/mol. The largest absolute Gasteiger partial charge is 0.351 e. The lowest BCUT2D eigenvalue weighted by atomic mass is 10.2. The highest BCUT2D eigenvalue weighted by Crippen LogP contribution is 2.11. The van der Waals surface area contributed by atoms with Crippen LogP contribution in [-0.2, 0) is 21.2 Å². The number of hydrogen-bond donors (Lipinski definition) is 1. The normalized spacial score (nSPS) is 19.8. The van der Waals surface area contributed by atoms with Crippen molar-refractivity contribution >= 4 is 26.6 Å². The number of rotatable bonds is 3. The van der Waals surface area contributed by atoms with Crippen molar-refractivity contribution in [2.24, 2.45) is 0 Å². The van der Waals surface area contributed by atoms with Gasteiger partial charge in [-0.05, 0) is 25.5 Å². The van der Waals surface area contributed by atoms with E-state index in [2.05, 4.69) is 10.3 Å². The van der Waals surface area contributed by atoms with Crippen LogP contribution in [0.5, 0.6) is 0 Å². The number of amides is 1. The molecule has 1 saturated heterocycles. The Bertz CT molecular complexity index is 933. The summed E-state index contributed by atoms with van der Waals surface area (Å²) in [6.45, 7) is 1.70. The van der Waals surface area contributed by atoms with Crippen molar-refractivity contribution in [1.82, 2.24) is 14.9 Å². The van der Waals surface area contributed by atoms with Gasteiger partial charge in [-0.15, -0.1) is 0 Å². The summed E-state index contributed by atoms with van der Waals surface area (Å²) < 4.78 is 24.0. The molecule has 1 aromatic carbocycles. The number of fused-ring (bicyclic) bond motifs is 1. The minimum Gasteiger partial charge on any atom is -0.351 e. The Labute approximate surface area is 133 Å². The summed E-state index contributed by atoms with van der Waals surface area (Å²) in [7, 11) is -3.05. The van der Waals surface area contributed by atoms with Crippen molar-refractivity contribution < 1.29 is 13.2 Å². The molecule has 1 aliphatic heterocycles. The molecule has 1 amide bonds. The molecular weight excluding hydrogens is 318 g/mol. The summed E-state index contributed by atoms with van der Waals surface area (Å²) in [6, 6.07) is 4.99. The highest BCUT2D eigenvalue weighted by molar-refractivity contribution is 7.91. The van der Waals surface area contributed by atoms with Gasteiger partial charge >= 0.3 is 0 Å². The van der Waals surface area contributed by atoms with Crippen molar-refractivity contribution in [3.05, 3.63) is 40.4 Å². The number of aryl methyl sites for hydroxylation is 1. The number of carbonyl (C=O) groups is 1. The number of hydrogen-bond acceptors (Lipinski definition) is 5. The monoisotopic (exact) mass is 335 g/mol. The van der Waals surface area contributed by atoms with Crippen LogP contribution in [0.1, 0.15) is 12.0 Å². The maximum absolute atomic E-state index is 12.4. The highest BCUT2D eigenvalue weighted by Gasteiger charge is 2.28. The van der Waals surface area contributed by atoms with E-state index in [0.29, 0.717) is 17.3 Å². The van der Waals surface area contributed by atoms with Crippen LogP contribution >= 0.6 is 0 Å². The molecule has 0 aliphatic carbocycles. The zero-order chi connectivity index (χ0) is 16.6. The van der Waals surface area contributed by atoms with E-state index in [4.69, 9.17) is 0 Å². The van der Waals surface area contributed by atoms with E-state index in [1.54, 1.807) is 12.1 Å². The molecule has 3 rings (SSSR count). The quantitative estimate of drug-likeness (QED) is 0.852. The third kappa shape index (κ3) is 3.42. The molecule has 1 aromatic heterocycles. The van der Waals surface area contributed by atoms with Gasteiger partial charge in [0.25, 0.3) is 5.56 Å². The summed E-state index contributed by atoms with van der Waals surface area (Å²) in [4.78, 5) is 28.6. The van der Waals surface area contributed by atoms with E-state index in [9.17, 15) is 18.0 Å². The van der Waals surface area contributed by atoms with Gasteiger partial charge in [0.15, 0.2) is 9.84 Å². The first-order chi connectivity index (χ1) is 10.8. The molecule has 7 nitrogen and oxygen atoms in total. The van der Waals surface area contributed by atoms with Crippen LogP contribution in [0.2, 0.25) is 0 Å². The molecule has 23 heavy (non-hydrogen) atoms. The average Bonchev–Trinajstić information content (AvgIpc) is 2.81. The Morgan fingerprint density at radius 3 is 2.91 bits per heavy atom. The molecule has 122 valence electrons. The van der Waals surface area contributed by atoms with Crippen LogP contribution < -0.4 is 10.9 Å². The van der Waals surface area contributed by atoms with E-state index in [1.165, 1.54) is 10.9 Å². The van der Waals surface area contributed by atoms with Gasteiger partial charge in [0, 0.05) is 6.04 Å². The van der Waals surface area contributed by atoms with Crippen LogP contribution in [0.3, 0.4) is 0 Å². The van der Waals surface area contributed by atoms with Gasteiger partial charge in [-0.25, -0.2) is 13.4 Å². The SMILES string of the molecule is Cc1ccc2ncn(CC(=O)N[C@H]3CCS(=O)(=O)C3)c(=O)c2c1. The Balaban J connectivity index is 1.77. The smallest absolute Gasteiger partial charge is 0.261 e. The molecule has 0 unspecified atom stereocenters. The molecule has 0 spiro atoms. The van der Waals surface area contributed by atoms with Crippen molar-refractivity contribution in [2.45, 2.75) is 25.9 Å². The molecule has 1 N–H and O–H groups in total. The summed E-state index contributed by atoms with van der Waals surface area (Å²) in [5.41, 5.74) is 1.24. The molecule has 2 aromatic rings. The molecule has 1 atom stereocenters. The third-order valence-electron chi connectivity index (χ3n) is 3.89. The molecule has 0 radical (unpaired) electrons. The molecule has 0 saturated carbocycles. The second-order valence-corrected chi connectivity index (χ2v) is 8.09. The summed E-state index contributed by atoms with van der Waals surface area (Å²) in [6.07, 6.45) is 1.75. The first-order valence-electron chi connectivity index (χ1n) is 7.30. The predicted octanol–water partition coefficient (Wildman–Crippen LogP) is 0.00822. The van der Waals surface area contributed by atoms with Gasteiger partial charge in [0.1, 0.15) is 6.54 Å². The number of nitrogens with one attached hydrogen (secondary N) is 1. The van der Waals surface area contributed by atoms with Crippen LogP contribution in [0, 0.1) is 6.92 Å². The zero-order valence-electron chi connectivity index (χ0n) is 12.7. The topological polar surface area (TPSA) is 98.1 Å². The van der Waals surface area contributed by atoms with Gasteiger partial charge in [0.2, 0.25) is 5.91 Å². The maximum Gasteiger partial charge on any atom is 0.261 e. The Morgan fingerprint density at radius 2 is 2.22 bits per heavy atom. The number of aromatic nitrogens is 2. The first-order valence-corrected chi connectivity index (χ1v) is 9.12. The number of benzene rings is 1. The molecule has 2 heterocycles. The number of sulfone groups is 1. The number of nitrogens with zero attached hydrogens (tertiary/aromatic N) is 2. The van der Waals surface area contributed by atoms with Crippen molar-refractivity contribution in [3.63, 3.8) is 0 Å². The minimum absolute atomic E-state index is 0.0389. The Morgan fingerprint density at radius 1 is 1.43 bits per heavy atom. The Kier molecular flexibility index (Phi) is 3.93. The van der Waals surface area contributed by atoms with Gasteiger partial charge < -0.3 is 5.32 Å². The van der Waals surface area contributed by atoms with Crippen LogP contribution in [0.4, 0.5) is 0 Å². The standard InChI is InChI=1S/C15H17N3O4S/c1-10-2-3-13-12(6-10)15(20)18(9-16-13)7-14(19)17-11-4-5-23(21,22)8-11/h2-3,6,9,11H,4-5,7-8H2,1H3,(H,17,19)/t11-/m0/s1. The summed E-state index contributed by atoms with van der Waals surface area (Å²) in [5, 5.41) is 3.13. The molecule has 0 bridgehead atoms. The lowest BCUT2D eigenvalue weighted by Crippen LogP contribution is -2.39. The van der Waals surface area contributed by atoms with Crippen molar-refractivity contribution in [1.29, 1.82) is 0 Å². The second-order valence-electron chi connectivity index (χ2n) is 5.87. The maximum atomic E-state index is 12.4. The van der Waals surface area contributed by atoms with Gasteiger partial charge in [-0.3, -0.25) is 14.2 Å². The van der Waals surface area contributed by atoms with Crippen LogP contribution in [-0.4, -0.2) is 41.4 Å². The summed E-state index contributed by atoms with van der Waals surface area (Å²) in [5.74, 6) is -0.333. The van der Waals surface area contributed by atoms with Crippen molar-refractivity contribution in [3.8, 4) is 0 Å². The lowest BCUT2D eigenvalue weighted by Gasteiger charge is -2.12. The van der Waals surface area contributed by atoms with Gasteiger partial charge in [-0.1, -0.05) is 11.6 Å². The Hall–Kier alpha value is -2.22. The van der Waals surface area contributed by atoms with E-state index in [-0.39, 0.29) is 35.6 Å². The van der Waals surface area contributed by atoms with Crippen molar-refractivity contribution in [2.75, 3.05) is 11.5 Å². The molecular formula is C15H17N3O4S. The molecule has 1 aliphatic rings. The third-order valence-corrected chi connectivity index (χ3v) is 5.66. The van der Waals surface area contributed by atoms with E-state index in [1.807, 2.05) is 13.0 Å². The number of carbonyl (C=O) groups excluding carboxylic acids is 1. The van der Waals surface area contributed by atoms with E-state index in [0.717, 1.165) is 5.56 Å². The fourth-order valence-electron chi connectivity index (χ4n) is 2.72. The fourth-order valence-corrected chi connectivity index (χ4v) is 4.40. The van der Waals surface area contributed by atoms with E-state index < -0.39 is 9.84 Å². The van der Waals surface area contributed by atoms with Gasteiger partial charge in [0.05, 0.1) is 28.7 Å². The highest BCUT2D eigenvalue weighted by atomic mass is 32.2. The van der Waals surface area contributed by atoms with Gasteiger partial charge in [-0.2, -0.15) is 0 Å². The van der Waals surface area contributed by atoms with Crippen LogP contribution in [0.15, 0.2) is 29.3 Å². The lowest BCUT2D eigenvalue weighted by molar-refractivity contribution is -0.122. The minimum atomic E-state index is -3.05. The van der Waals surface area contributed by atoms with E-state index >= 15 is 0 Å². The summed E-state index contributed by atoms with van der Waals surface area (Å²) >= 11 is 0. The second kappa shape index (κ2) is 5.77.